The minimum Gasteiger partial charge on any atom is -0.497 e. The van der Waals surface area contributed by atoms with E-state index in [0.717, 1.165) is 0 Å². The molecule has 2 nitrogen and oxygen atoms in total. The molecule has 0 heterocycles. The van der Waals surface area contributed by atoms with Crippen molar-refractivity contribution in [2.45, 2.75) is 0 Å². The lowest BCUT2D eigenvalue weighted by Crippen LogP contribution is -1.90. The van der Waals surface area contributed by atoms with E-state index in [9.17, 15) is 4.39 Å². The van der Waals surface area contributed by atoms with Gasteiger partial charge in [-0.15, -0.1) is 0 Å². The van der Waals surface area contributed by atoms with E-state index >= 15 is 0 Å². The van der Waals surface area contributed by atoms with Crippen LogP contribution in [0.2, 0.25) is 5.02 Å². The molecule has 0 aromatic heterocycles. The van der Waals surface area contributed by atoms with Crippen LogP contribution in [-0.2, 0) is 0 Å². The van der Waals surface area contributed by atoms with Gasteiger partial charge in [-0.3, -0.25) is 0 Å². The molecular weight excluding hydrogens is 255 g/mol. The Kier molecular flexibility index (Phi) is 3.72. The average Bonchev–Trinajstić information content (AvgIpc) is 2.40. The van der Waals surface area contributed by atoms with E-state index in [1.807, 2.05) is 0 Å². The Morgan fingerprint density at radius 2 is 1.67 bits per heavy atom. The summed E-state index contributed by atoms with van der Waals surface area (Å²) in [5.41, 5.74) is 1.17. The first-order chi connectivity index (χ1) is 8.63. The molecule has 0 fully saturated rings. The SMILES string of the molecule is COc1cc(OC)cc(-c2[c]c(F)ccc2Cl)c1. The van der Waals surface area contributed by atoms with Gasteiger partial charge in [0.25, 0.3) is 0 Å². The van der Waals surface area contributed by atoms with E-state index in [4.69, 9.17) is 21.1 Å². The first kappa shape index (κ1) is 12.7. The Morgan fingerprint density at radius 1 is 1.06 bits per heavy atom. The van der Waals surface area contributed by atoms with Crippen LogP contribution >= 0.6 is 11.6 Å². The van der Waals surface area contributed by atoms with Crippen LogP contribution < -0.4 is 9.47 Å². The van der Waals surface area contributed by atoms with Crippen molar-refractivity contribution in [3.63, 3.8) is 0 Å². The number of rotatable bonds is 3. The van der Waals surface area contributed by atoms with E-state index in [1.165, 1.54) is 12.1 Å². The van der Waals surface area contributed by atoms with Gasteiger partial charge in [0.15, 0.2) is 0 Å². The molecule has 0 saturated heterocycles. The number of halogens is 2. The van der Waals surface area contributed by atoms with Crippen molar-refractivity contribution in [1.29, 1.82) is 0 Å². The predicted molar refractivity (Wildman–Crippen MR) is 68.8 cm³/mol. The maximum absolute atomic E-state index is 13.2. The minimum absolute atomic E-state index is 0.423. The van der Waals surface area contributed by atoms with Crippen LogP contribution in [-0.4, -0.2) is 14.2 Å². The highest BCUT2D eigenvalue weighted by molar-refractivity contribution is 6.33. The van der Waals surface area contributed by atoms with Gasteiger partial charge in [-0.2, -0.15) is 0 Å². The summed E-state index contributed by atoms with van der Waals surface area (Å²) in [6, 6.07) is 10.6. The first-order valence-electron chi connectivity index (χ1n) is 5.25. The Labute approximate surface area is 110 Å². The standard InChI is InChI=1S/C14H11ClFO2/c1-17-11-5-9(6-12(8-11)18-2)13-7-10(16)3-4-14(13)15/h3-6,8H,1-2H3. The molecule has 0 aliphatic heterocycles. The highest BCUT2D eigenvalue weighted by Gasteiger charge is 2.09. The summed E-state index contributed by atoms with van der Waals surface area (Å²) < 4.78 is 23.5. The molecule has 93 valence electrons. The van der Waals surface area contributed by atoms with Crippen LogP contribution in [0.3, 0.4) is 0 Å². The van der Waals surface area contributed by atoms with Crippen LogP contribution in [0.1, 0.15) is 0 Å². The average molecular weight is 266 g/mol. The molecule has 0 bridgehead atoms. The highest BCUT2D eigenvalue weighted by atomic mass is 35.5. The molecule has 0 aliphatic carbocycles. The van der Waals surface area contributed by atoms with Crippen molar-refractivity contribution in [3.8, 4) is 22.6 Å². The fourth-order valence-electron chi connectivity index (χ4n) is 1.61. The van der Waals surface area contributed by atoms with Crippen molar-refractivity contribution < 1.29 is 13.9 Å². The van der Waals surface area contributed by atoms with Crippen molar-refractivity contribution in [2.24, 2.45) is 0 Å². The van der Waals surface area contributed by atoms with E-state index in [2.05, 4.69) is 6.07 Å². The second-order valence-corrected chi connectivity index (χ2v) is 4.04. The van der Waals surface area contributed by atoms with Gasteiger partial charge in [0.05, 0.1) is 14.2 Å². The smallest absolute Gasteiger partial charge is 0.131 e. The van der Waals surface area contributed by atoms with Crippen LogP contribution in [0.4, 0.5) is 4.39 Å². The van der Waals surface area contributed by atoms with E-state index in [0.29, 0.717) is 27.6 Å². The maximum Gasteiger partial charge on any atom is 0.131 e. The molecule has 2 aromatic carbocycles. The summed E-state index contributed by atoms with van der Waals surface area (Å²) in [6.07, 6.45) is 0. The highest BCUT2D eigenvalue weighted by Crippen LogP contribution is 2.33. The molecule has 2 aromatic rings. The van der Waals surface area contributed by atoms with E-state index in [-0.39, 0.29) is 0 Å². The van der Waals surface area contributed by atoms with Gasteiger partial charge in [0.2, 0.25) is 0 Å². The van der Waals surface area contributed by atoms with Crippen molar-refractivity contribution >= 4 is 11.6 Å². The Balaban J connectivity index is 2.58. The second-order valence-electron chi connectivity index (χ2n) is 3.63. The Hall–Kier alpha value is -1.74. The third-order valence-electron chi connectivity index (χ3n) is 2.50. The summed E-state index contributed by atoms with van der Waals surface area (Å²) in [6.45, 7) is 0. The minimum atomic E-state index is -0.462. The van der Waals surface area contributed by atoms with Crippen molar-refractivity contribution in [2.75, 3.05) is 14.2 Å². The van der Waals surface area contributed by atoms with Crippen molar-refractivity contribution in [1.82, 2.24) is 0 Å². The number of methoxy groups -OCH3 is 2. The summed E-state index contributed by atoms with van der Waals surface area (Å²) in [7, 11) is 3.10. The Morgan fingerprint density at radius 3 is 2.22 bits per heavy atom. The zero-order chi connectivity index (χ0) is 13.1. The molecular formula is C14H11ClFO2. The normalized spacial score (nSPS) is 10.2. The number of hydrogen-bond acceptors (Lipinski definition) is 2. The van der Waals surface area contributed by atoms with Gasteiger partial charge in [-0.25, -0.2) is 4.39 Å². The zero-order valence-corrected chi connectivity index (χ0v) is 10.7. The van der Waals surface area contributed by atoms with Gasteiger partial charge in [-0.1, -0.05) is 11.6 Å². The lowest BCUT2D eigenvalue weighted by Gasteiger charge is -2.09. The van der Waals surface area contributed by atoms with Crippen LogP contribution in [0.25, 0.3) is 11.1 Å². The van der Waals surface area contributed by atoms with Gasteiger partial charge in [0, 0.05) is 22.7 Å². The summed E-state index contributed by atoms with van der Waals surface area (Å²) >= 11 is 6.04. The molecule has 18 heavy (non-hydrogen) atoms. The third kappa shape index (κ3) is 2.57. The molecule has 2 rings (SSSR count). The topological polar surface area (TPSA) is 18.5 Å². The number of ether oxygens (including phenoxy) is 2. The summed E-state index contributed by atoms with van der Waals surface area (Å²) in [5, 5.41) is 0.423. The first-order valence-corrected chi connectivity index (χ1v) is 5.62. The maximum atomic E-state index is 13.2. The predicted octanol–water partition coefficient (Wildman–Crippen LogP) is 3.96. The van der Waals surface area contributed by atoms with Gasteiger partial charge >= 0.3 is 0 Å². The van der Waals surface area contributed by atoms with Gasteiger partial charge in [0.1, 0.15) is 17.3 Å². The zero-order valence-electron chi connectivity index (χ0n) is 9.96. The number of hydrogen-bond donors (Lipinski definition) is 0. The van der Waals surface area contributed by atoms with Crippen LogP contribution in [0.5, 0.6) is 11.5 Å². The summed E-state index contributed by atoms with van der Waals surface area (Å²) in [5.74, 6) is 0.757. The van der Waals surface area contributed by atoms with Gasteiger partial charge < -0.3 is 9.47 Å². The quantitative estimate of drug-likeness (QED) is 0.836. The molecule has 0 amide bonds. The molecule has 0 saturated carbocycles. The van der Waals surface area contributed by atoms with Crippen LogP contribution in [0, 0.1) is 11.9 Å². The van der Waals surface area contributed by atoms with E-state index in [1.54, 1.807) is 32.4 Å². The molecule has 0 unspecified atom stereocenters. The molecule has 4 heteroatoms. The monoisotopic (exact) mass is 265 g/mol. The largest absolute Gasteiger partial charge is 0.497 e. The fourth-order valence-corrected chi connectivity index (χ4v) is 1.83. The van der Waals surface area contributed by atoms with Crippen LogP contribution in [0.15, 0.2) is 30.3 Å². The molecule has 1 radical (unpaired) electrons. The third-order valence-corrected chi connectivity index (χ3v) is 2.81. The Bertz CT molecular complexity index is 547. The molecule has 0 atom stereocenters. The lowest BCUT2D eigenvalue weighted by atomic mass is 10.0. The van der Waals surface area contributed by atoms with Gasteiger partial charge in [-0.05, 0) is 29.8 Å². The van der Waals surface area contributed by atoms with Crippen molar-refractivity contribution in [3.05, 3.63) is 47.2 Å². The molecule has 0 aliphatic rings. The second kappa shape index (κ2) is 5.27. The van der Waals surface area contributed by atoms with E-state index < -0.39 is 5.82 Å². The fraction of sp³-hybridized carbons (Fsp3) is 0.143. The number of benzene rings is 2. The molecule has 0 N–H and O–H groups in total. The summed E-state index contributed by atoms with van der Waals surface area (Å²) in [4.78, 5) is 0. The molecule has 0 spiro atoms. The lowest BCUT2D eigenvalue weighted by molar-refractivity contribution is 0.394.